The van der Waals surface area contributed by atoms with Crippen LogP contribution in [0.3, 0.4) is 0 Å². The summed E-state index contributed by atoms with van der Waals surface area (Å²) >= 11 is 23.6. The highest BCUT2D eigenvalue weighted by atomic mass is 32.1. The normalized spacial score (nSPS) is 9.58. The highest BCUT2D eigenvalue weighted by Crippen LogP contribution is 2.18. The maximum absolute atomic E-state index is 9.85. The fourth-order valence-corrected chi connectivity index (χ4v) is 4.16. The quantitative estimate of drug-likeness (QED) is 0.0299. The summed E-state index contributed by atoms with van der Waals surface area (Å²) in [5, 5.41) is 74.7. The second-order valence-corrected chi connectivity index (χ2v) is 14.5. The van der Waals surface area contributed by atoms with Gasteiger partial charge in [0.1, 0.15) is 0 Å². The molecular formula is C36H74O15S6. The molecule has 0 aliphatic carbocycles. The van der Waals surface area contributed by atoms with E-state index >= 15 is 0 Å². The highest BCUT2D eigenvalue weighted by molar-refractivity contribution is 7.81. The van der Waals surface area contributed by atoms with Crippen molar-refractivity contribution in [3.8, 4) is 0 Å². The summed E-state index contributed by atoms with van der Waals surface area (Å²) in [5.74, 6) is 0.414. The molecule has 0 radical (unpaired) electrons. The minimum atomic E-state index is -0.716. The average molecular weight is 939 g/mol. The summed E-state index contributed by atoms with van der Waals surface area (Å²) in [7, 11) is 0. The molecule has 9 N–H and O–H groups in total. The van der Waals surface area contributed by atoms with Crippen LogP contribution in [-0.4, -0.2) is 136 Å². The Balaban J connectivity index is -0.000000102. The average Bonchev–Trinajstić information content (AvgIpc) is 3.14. The maximum Gasteiger partial charge on any atom is 0.303 e. The zero-order chi connectivity index (χ0) is 45.8. The third kappa shape index (κ3) is 91.8. The Morgan fingerprint density at radius 2 is 0.474 bits per heavy atom. The van der Waals surface area contributed by atoms with Crippen LogP contribution < -0.4 is 0 Å². The Bertz CT molecular complexity index is 728. The molecule has 57 heavy (non-hydrogen) atoms. The first-order chi connectivity index (χ1) is 26.9. The lowest BCUT2D eigenvalue weighted by atomic mass is 9.88. The van der Waals surface area contributed by atoms with E-state index in [1.165, 1.54) is 0 Å². The zero-order valence-corrected chi connectivity index (χ0v) is 38.8. The number of carboxylic acids is 6. The summed E-state index contributed by atoms with van der Waals surface area (Å²) in [6, 6.07) is 0. The van der Waals surface area contributed by atoms with E-state index in [4.69, 9.17) is 46.0 Å². The Hall–Kier alpha value is -1.20. The minimum absolute atomic E-state index is 0.156. The molecule has 0 saturated carbocycles. The molecule has 21 heteroatoms. The summed E-state index contributed by atoms with van der Waals surface area (Å²) in [5.41, 5.74) is -0.667. The summed E-state index contributed by atoms with van der Waals surface area (Å²) in [6.07, 6.45) is 12.1. The predicted molar refractivity (Wildman–Crippen MR) is 246 cm³/mol. The van der Waals surface area contributed by atoms with E-state index in [-0.39, 0.29) is 58.3 Å². The predicted octanol–water partition coefficient (Wildman–Crippen LogP) is 6.39. The summed E-state index contributed by atoms with van der Waals surface area (Å²) in [6.45, 7) is 1.35. The molecule has 0 aromatic rings. The van der Waals surface area contributed by atoms with Crippen LogP contribution in [0.5, 0.6) is 0 Å². The van der Waals surface area contributed by atoms with Crippen molar-refractivity contribution in [3.05, 3.63) is 0 Å². The molecule has 0 spiro atoms. The Morgan fingerprint density at radius 3 is 0.526 bits per heavy atom. The van der Waals surface area contributed by atoms with Gasteiger partial charge in [0.2, 0.25) is 0 Å². The van der Waals surface area contributed by atoms with E-state index < -0.39 is 41.2 Å². The van der Waals surface area contributed by atoms with Gasteiger partial charge in [0.15, 0.2) is 0 Å². The fraction of sp³-hybridized carbons (Fsp3) is 0.833. The molecule has 15 nitrogen and oxygen atoms in total. The number of aliphatic carboxylic acids is 6. The Labute approximate surface area is 373 Å². The molecule has 0 amide bonds. The number of hydrogen-bond acceptors (Lipinski definition) is 15. The van der Waals surface area contributed by atoms with Gasteiger partial charge in [-0.3, -0.25) is 28.8 Å². The van der Waals surface area contributed by atoms with Crippen LogP contribution in [0.2, 0.25) is 0 Å². The molecule has 344 valence electrons. The number of thiol groups is 6. The monoisotopic (exact) mass is 938 g/mol. The molecule has 0 aromatic heterocycles. The summed E-state index contributed by atoms with van der Waals surface area (Å²) in [4.78, 5) is 59.1. The van der Waals surface area contributed by atoms with E-state index in [1.54, 1.807) is 0 Å². The lowest BCUT2D eigenvalue weighted by molar-refractivity contribution is -0.138. The van der Waals surface area contributed by atoms with Gasteiger partial charge in [0.05, 0.1) is 19.8 Å². The Morgan fingerprint density at radius 1 is 0.333 bits per heavy atom. The van der Waals surface area contributed by atoms with E-state index in [0.717, 1.165) is 112 Å². The molecule has 0 fully saturated rings. The van der Waals surface area contributed by atoms with Crippen LogP contribution in [0, 0.1) is 5.41 Å². The van der Waals surface area contributed by atoms with Gasteiger partial charge in [0, 0.05) is 43.9 Å². The second-order valence-electron chi connectivity index (χ2n) is 11.8. The van der Waals surface area contributed by atoms with Crippen molar-refractivity contribution in [1.82, 2.24) is 0 Å². The molecule has 0 saturated heterocycles. The van der Waals surface area contributed by atoms with Crippen molar-refractivity contribution in [2.24, 2.45) is 5.41 Å². The van der Waals surface area contributed by atoms with E-state index in [2.05, 4.69) is 75.8 Å². The van der Waals surface area contributed by atoms with Crippen LogP contribution in [0.4, 0.5) is 0 Å². The Kier molecular flexibility index (Phi) is 75.9. The number of unbranched alkanes of at least 4 members (excludes halogenated alkanes) is 6. The van der Waals surface area contributed by atoms with Crippen LogP contribution in [0.1, 0.15) is 129 Å². The van der Waals surface area contributed by atoms with Gasteiger partial charge in [-0.1, -0.05) is 6.92 Å². The van der Waals surface area contributed by atoms with Crippen LogP contribution >= 0.6 is 75.8 Å². The molecule has 0 aliphatic heterocycles. The second kappa shape index (κ2) is 61.5. The van der Waals surface area contributed by atoms with Crippen molar-refractivity contribution in [2.45, 2.75) is 129 Å². The highest BCUT2D eigenvalue weighted by Gasteiger charge is 2.24. The molecule has 0 rings (SSSR count). The smallest absolute Gasteiger partial charge is 0.303 e. The topological polar surface area (TPSA) is 284 Å². The SMILES string of the molecule is CCC(CO)(CO)CO.O=C(O)CCCCS.O=C(O)CCCCS.O=C(O)CCCCS.O=C(O)CCCCS.O=C(O)CCCCS.O=C(O)CCCCS. The number of carbonyl (C=O) groups is 6. The first kappa shape index (κ1) is 70.4. The number of aliphatic hydroxyl groups excluding tert-OH is 3. The van der Waals surface area contributed by atoms with Crippen LogP contribution in [0.15, 0.2) is 0 Å². The van der Waals surface area contributed by atoms with E-state index in [1.807, 2.05) is 6.92 Å². The lowest BCUT2D eigenvalue weighted by Gasteiger charge is -2.24. The van der Waals surface area contributed by atoms with Gasteiger partial charge in [-0.05, 0) is 118 Å². The van der Waals surface area contributed by atoms with Gasteiger partial charge in [-0.15, -0.1) is 0 Å². The largest absolute Gasteiger partial charge is 0.481 e. The third-order valence-electron chi connectivity index (χ3n) is 6.55. The summed E-state index contributed by atoms with van der Waals surface area (Å²) < 4.78 is 0. The van der Waals surface area contributed by atoms with Crippen LogP contribution in [-0.2, 0) is 28.8 Å². The molecule has 0 bridgehead atoms. The van der Waals surface area contributed by atoms with Crippen molar-refractivity contribution >= 4 is 112 Å². The zero-order valence-electron chi connectivity index (χ0n) is 33.5. The number of carboxylic acid groups (broad SMARTS) is 6. The number of rotatable bonds is 28. The molecular weight excluding hydrogens is 865 g/mol. The molecule has 0 aromatic carbocycles. The number of aliphatic hydroxyl groups is 3. The maximum atomic E-state index is 9.85. The molecule has 0 atom stereocenters. The first-order valence-corrected chi connectivity index (χ1v) is 22.4. The molecule has 0 unspecified atom stereocenters. The lowest BCUT2D eigenvalue weighted by Crippen LogP contribution is -2.32. The number of hydrogen-bond donors (Lipinski definition) is 15. The van der Waals surface area contributed by atoms with E-state index in [0.29, 0.717) is 6.42 Å². The minimum Gasteiger partial charge on any atom is -0.481 e. The van der Waals surface area contributed by atoms with Crippen LogP contribution in [0.25, 0.3) is 0 Å². The van der Waals surface area contributed by atoms with Crippen molar-refractivity contribution < 1.29 is 74.7 Å². The molecule has 0 aliphatic rings. The molecule has 0 heterocycles. The van der Waals surface area contributed by atoms with Gasteiger partial charge in [-0.25, -0.2) is 0 Å². The van der Waals surface area contributed by atoms with E-state index in [9.17, 15) is 28.8 Å². The fourth-order valence-electron chi connectivity index (χ4n) is 2.81. The van der Waals surface area contributed by atoms with Crippen molar-refractivity contribution in [1.29, 1.82) is 0 Å². The van der Waals surface area contributed by atoms with Crippen molar-refractivity contribution in [3.63, 3.8) is 0 Å². The standard InChI is InChI=1S/C6H14O3.6C5H10O2S/c1-2-6(3-7,4-8)5-9;6*6-5(7)3-1-2-4-8/h7-9H,2-5H2,1H3;6*8H,1-4H2,(H,6,7). The van der Waals surface area contributed by atoms with Gasteiger partial charge in [-0.2, -0.15) is 75.8 Å². The van der Waals surface area contributed by atoms with Crippen molar-refractivity contribution in [2.75, 3.05) is 54.3 Å². The van der Waals surface area contributed by atoms with Gasteiger partial charge < -0.3 is 46.0 Å². The third-order valence-corrected chi connectivity index (χ3v) is 8.45. The first-order valence-electron chi connectivity index (χ1n) is 18.7. The van der Waals surface area contributed by atoms with Gasteiger partial charge >= 0.3 is 35.8 Å². The van der Waals surface area contributed by atoms with Gasteiger partial charge in [0.25, 0.3) is 0 Å².